The van der Waals surface area contributed by atoms with Crippen LogP contribution in [-0.2, 0) is 23.8 Å². The van der Waals surface area contributed by atoms with E-state index in [2.05, 4.69) is 4.98 Å². The first-order chi connectivity index (χ1) is 15.7. The zero-order chi connectivity index (χ0) is 23.6. The number of nitrogens with zero attached hydrogens (tertiary/aromatic N) is 1. The Kier molecular flexibility index (Phi) is 6.19. The van der Waals surface area contributed by atoms with Crippen LogP contribution in [0.15, 0.2) is 52.9 Å². The quantitative estimate of drug-likeness (QED) is 0.484. The molecule has 33 heavy (non-hydrogen) atoms. The predicted molar refractivity (Wildman–Crippen MR) is 117 cm³/mol. The topological polar surface area (TPSA) is 78.3 Å². The molecule has 0 saturated heterocycles. The lowest BCUT2D eigenvalue weighted by Gasteiger charge is -2.39. The number of amides is 1. The Morgan fingerprint density at radius 1 is 1.12 bits per heavy atom. The number of nitrogens with two attached hydrogens (primary N) is 1. The molecule has 2 N–H and O–H groups in total. The fourth-order valence-corrected chi connectivity index (χ4v) is 4.06. The molecule has 174 valence electrons. The number of alkyl halides is 3. The van der Waals surface area contributed by atoms with Crippen molar-refractivity contribution in [1.82, 2.24) is 4.98 Å². The van der Waals surface area contributed by atoms with Gasteiger partial charge in [-0.25, -0.2) is 4.98 Å². The number of oxazole rings is 1. The molecule has 0 atom stereocenters. The summed E-state index contributed by atoms with van der Waals surface area (Å²) in [6, 6.07) is 12.3. The number of halogens is 3. The molecule has 5 nitrogen and oxygen atoms in total. The van der Waals surface area contributed by atoms with Gasteiger partial charge in [0.25, 0.3) is 0 Å². The summed E-state index contributed by atoms with van der Waals surface area (Å²) in [7, 11) is 0. The number of primary amides is 1. The summed E-state index contributed by atoms with van der Waals surface area (Å²) in [6.07, 6.45) is -0.535. The zero-order valence-corrected chi connectivity index (χ0v) is 18.2. The van der Waals surface area contributed by atoms with E-state index in [1.165, 1.54) is 12.1 Å². The summed E-state index contributed by atoms with van der Waals surface area (Å²) in [6.45, 7) is 2.13. The van der Waals surface area contributed by atoms with E-state index >= 15 is 0 Å². The van der Waals surface area contributed by atoms with Gasteiger partial charge in [0.1, 0.15) is 11.5 Å². The number of aryl methyl sites for hydroxylation is 1. The van der Waals surface area contributed by atoms with Crippen LogP contribution >= 0.6 is 0 Å². The summed E-state index contributed by atoms with van der Waals surface area (Å²) in [5.41, 5.74) is 6.68. The summed E-state index contributed by atoms with van der Waals surface area (Å²) >= 11 is 0. The standard InChI is InChI=1S/C25H25F3N2O3/c1-16-21(30-22(33-16)18-5-7-19(8-6-18)25(26,27)28)11-14-32-20-9-3-17(4-10-20)15-24(23(29)31)12-2-13-24/h3-10H,2,11-15H2,1H3,(H2,29,31). The highest BCUT2D eigenvalue weighted by Gasteiger charge is 2.42. The molecule has 1 heterocycles. The number of rotatable bonds is 8. The van der Waals surface area contributed by atoms with Crippen LogP contribution in [0.4, 0.5) is 13.2 Å². The third-order valence-electron chi connectivity index (χ3n) is 6.26. The molecule has 1 aliphatic rings. The second kappa shape index (κ2) is 8.92. The van der Waals surface area contributed by atoms with Crippen molar-refractivity contribution in [3.63, 3.8) is 0 Å². The van der Waals surface area contributed by atoms with Gasteiger partial charge in [-0.1, -0.05) is 18.6 Å². The molecule has 8 heteroatoms. The number of aromatic nitrogens is 1. The van der Waals surface area contributed by atoms with Gasteiger partial charge in [0, 0.05) is 12.0 Å². The van der Waals surface area contributed by atoms with Gasteiger partial charge in [-0.3, -0.25) is 4.79 Å². The molecule has 1 fully saturated rings. The van der Waals surface area contributed by atoms with E-state index in [1.54, 1.807) is 6.92 Å². The monoisotopic (exact) mass is 458 g/mol. The molecule has 0 spiro atoms. The zero-order valence-electron chi connectivity index (χ0n) is 18.2. The average Bonchev–Trinajstić information content (AvgIpc) is 3.11. The van der Waals surface area contributed by atoms with Crippen molar-refractivity contribution in [2.24, 2.45) is 11.1 Å². The van der Waals surface area contributed by atoms with Gasteiger partial charge in [-0.2, -0.15) is 13.2 Å². The maximum absolute atomic E-state index is 12.7. The minimum Gasteiger partial charge on any atom is -0.493 e. The molecule has 0 bridgehead atoms. The number of hydrogen-bond donors (Lipinski definition) is 1. The largest absolute Gasteiger partial charge is 0.493 e. The minimum atomic E-state index is -4.38. The van der Waals surface area contributed by atoms with Crippen LogP contribution in [0.1, 0.15) is 41.8 Å². The Labute approximate surface area is 189 Å². The number of benzene rings is 2. The highest BCUT2D eigenvalue weighted by atomic mass is 19.4. The first kappa shape index (κ1) is 22.9. The van der Waals surface area contributed by atoms with E-state index in [9.17, 15) is 18.0 Å². The summed E-state index contributed by atoms with van der Waals surface area (Å²) in [5, 5.41) is 0. The van der Waals surface area contributed by atoms with E-state index in [1.807, 2.05) is 24.3 Å². The molecule has 1 saturated carbocycles. The smallest absolute Gasteiger partial charge is 0.416 e. The van der Waals surface area contributed by atoms with Gasteiger partial charge in [-0.05, 0) is 68.1 Å². The van der Waals surface area contributed by atoms with E-state index in [4.69, 9.17) is 14.9 Å². The van der Waals surface area contributed by atoms with Gasteiger partial charge in [0.2, 0.25) is 11.8 Å². The van der Waals surface area contributed by atoms with Crippen molar-refractivity contribution in [2.45, 2.75) is 45.2 Å². The van der Waals surface area contributed by atoms with Gasteiger partial charge in [0.15, 0.2) is 0 Å². The maximum Gasteiger partial charge on any atom is 0.416 e. The number of hydrogen-bond acceptors (Lipinski definition) is 4. The van der Waals surface area contributed by atoms with Crippen molar-refractivity contribution in [1.29, 1.82) is 0 Å². The van der Waals surface area contributed by atoms with Crippen molar-refractivity contribution in [2.75, 3.05) is 6.61 Å². The Bertz CT molecular complexity index is 1120. The van der Waals surface area contributed by atoms with Crippen LogP contribution < -0.4 is 10.5 Å². The third kappa shape index (κ3) is 5.05. The number of carbonyl (C=O) groups is 1. The average molecular weight is 458 g/mol. The third-order valence-corrected chi connectivity index (χ3v) is 6.26. The highest BCUT2D eigenvalue weighted by molar-refractivity contribution is 5.82. The van der Waals surface area contributed by atoms with E-state index in [0.29, 0.717) is 42.2 Å². The highest BCUT2D eigenvalue weighted by Crippen LogP contribution is 2.43. The lowest BCUT2D eigenvalue weighted by Crippen LogP contribution is -2.44. The Hall–Kier alpha value is -3.29. The van der Waals surface area contributed by atoms with Crippen molar-refractivity contribution >= 4 is 5.91 Å². The lowest BCUT2D eigenvalue weighted by atomic mass is 9.65. The van der Waals surface area contributed by atoms with Crippen LogP contribution in [0.2, 0.25) is 0 Å². The van der Waals surface area contributed by atoms with Crippen LogP contribution in [0.25, 0.3) is 11.5 Å². The second-order valence-corrected chi connectivity index (χ2v) is 8.51. The molecule has 1 amide bonds. The fourth-order valence-electron chi connectivity index (χ4n) is 4.06. The SMILES string of the molecule is Cc1oc(-c2ccc(C(F)(F)F)cc2)nc1CCOc1ccc(CC2(C(N)=O)CCC2)cc1. The molecule has 0 radical (unpaired) electrons. The van der Waals surface area contributed by atoms with E-state index < -0.39 is 17.2 Å². The van der Waals surface area contributed by atoms with Gasteiger partial charge in [0.05, 0.1) is 23.3 Å². The molecular weight excluding hydrogens is 433 g/mol. The van der Waals surface area contributed by atoms with Gasteiger partial charge < -0.3 is 14.9 Å². The summed E-state index contributed by atoms with van der Waals surface area (Å²) < 4.78 is 49.7. The van der Waals surface area contributed by atoms with Crippen LogP contribution in [0.5, 0.6) is 5.75 Å². The van der Waals surface area contributed by atoms with Crippen LogP contribution in [0, 0.1) is 12.3 Å². The molecular formula is C25H25F3N2O3. The maximum atomic E-state index is 12.7. The lowest BCUT2D eigenvalue weighted by molar-refractivity contribution is -0.137. The predicted octanol–water partition coefficient (Wildman–Crippen LogP) is 5.49. The Morgan fingerprint density at radius 2 is 1.79 bits per heavy atom. The minimum absolute atomic E-state index is 0.229. The van der Waals surface area contributed by atoms with Gasteiger partial charge >= 0.3 is 6.18 Å². The van der Waals surface area contributed by atoms with Crippen molar-refractivity contribution < 1.29 is 27.1 Å². The second-order valence-electron chi connectivity index (χ2n) is 8.51. The summed E-state index contributed by atoms with van der Waals surface area (Å²) in [5.74, 6) is 1.35. The normalized spacial score (nSPS) is 15.2. The molecule has 0 unspecified atom stereocenters. The molecule has 4 rings (SSSR count). The number of ether oxygens (including phenoxy) is 1. The molecule has 3 aromatic rings. The number of carbonyl (C=O) groups excluding carboxylic acids is 1. The van der Waals surface area contributed by atoms with Crippen molar-refractivity contribution in [3.05, 3.63) is 71.1 Å². The van der Waals surface area contributed by atoms with Crippen LogP contribution in [-0.4, -0.2) is 17.5 Å². The molecule has 2 aromatic carbocycles. The summed E-state index contributed by atoms with van der Waals surface area (Å²) in [4.78, 5) is 16.2. The molecule has 1 aromatic heterocycles. The van der Waals surface area contributed by atoms with E-state index in [-0.39, 0.29) is 11.8 Å². The molecule has 1 aliphatic carbocycles. The molecule has 0 aliphatic heterocycles. The van der Waals surface area contributed by atoms with Crippen LogP contribution in [0.3, 0.4) is 0 Å². The Balaban J connectivity index is 1.33. The first-order valence-electron chi connectivity index (χ1n) is 10.8. The first-order valence-corrected chi connectivity index (χ1v) is 10.8. The fraction of sp³-hybridized carbons (Fsp3) is 0.360. The van der Waals surface area contributed by atoms with Crippen molar-refractivity contribution in [3.8, 4) is 17.2 Å². The van der Waals surface area contributed by atoms with E-state index in [0.717, 1.165) is 37.0 Å². The Morgan fingerprint density at radius 3 is 2.33 bits per heavy atom. The van der Waals surface area contributed by atoms with Gasteiger partial charge in [-0.15, -0.1) is 0 Å².